The highest BCUT2D eigenvalue weighted by Crippen LogP contribution is 2.11. The molecule has 0 saturated carbocycles. The standard InChI is InChI=1S/C7H9N5O/c1-3-13-5-9-7-6(4-8)12(2)11-10-7/h5H,3H2,1-2H3/b9-5+. The van der Waals surface area contributed by atoms with E-state index in [-0.39, 0.29) is 5.82 Å². The number of aromatic nitrogens is 3. The van der Waals surface area contributed by atoms with Crippen molar-refractivity contribution in [2.45, 2.75) is 6.92 Å². The summed E-state index contributed by atoms with van der Waals surface area (Å²) in [7, 11) is 1.63. The highest BCUT2D eigenvalue weighted by Gasteiger charge is 2.07. The Bertz CT molecular complexity index is 348. The first-order valence-corrected chi connectivity index (χ1v) is 3.73. The molecule has 6 heteroatoms. The van der Waals surface area contributed by atoms with Gasteiger partial charge in [-0.1, -0.05) is 5.21 Å². The van der Waals surface area contributed by atoms with E-state index in [1.165, 1.54) is 11.1 Å². The fourth-order valence-electron chi connectivity index (χ4n) is 0.717. The van der Waals surface area contributed by atoms with Crippen LogP contribution in [0.15, 0.2) is 4.99 Å². The molecule has 0 aliphatic carbocycles. The van der Waals surface area contributed by atoms with Gasteiger partial charge in [0.1, 0.15) is 6.07 Å². The lowest BCUT2D eigenvalue weighted by Gasteiger charge is -1.90. The van der Waals surface area contributed by atoms with E-state index in [1.807, 2.05) is 13.0 Å². The predicted molar refractivity (Wildman–Crippen MR) is 45.5 cm³/mol. The van der Waals surface area contributed by atoms with Crippen molar-refractivity contribution in [3.8, 4) is 6.07 Å². The van der Waals surface area contributed by atoms with E-state index < -0.39 is 0 Å². The van der Waals surface area contributed by atoms with Crippen molar-refractivity contribution >= 4 is 12.2 Å². The van der Waals surface area contributed by atoms with E-state index in [2.05, 4.69) is 15.3 Å². The zero-order valence-electron chi connectivity index (χ0n) is 7.43. The first-order chi connectivity index (χ1) is 6.29. The van der Waals surface area contributed by atoms with Crippen LogP contribution in [0.1, 0.15) is 12.6 Å². The van der Waals surface area contributed by atoms with Gasteiger partial charge in [-0.3, -0.25) is 0 Å². The summed E-state index contributed by atoms with van der Waals surface area (Å²) in [5, 5.41) is 16.0. The van der Waals surface area contributed by atoms with E-state index in [4.69, 9.17) is 10.00 Å². The van der Waals surface area contributed by atoms with Crippen LogP contribution in [0.5, 0.6) is 0 Å². The summed E-state index contributed by atoms with van der Waals surface area (Å²) in [5.74, 6) is 0.276. The zero-order chi connectivity index (χ0) is 9.68. The maximum Gasteiger partial charge on any atom is 0.215 e. The van der Waals surface area contributed by atoms with Crippen LogP contribution in [-0.2, 0) is 11.8 Å². The largest absolute Gasteiger partial charge is 0.483 e. The van der Waals surface area contributed by atoms with Crippen molar-refractivity contribution in [1.29, 1.82) is 5.26 Å². The van der Waals surface area contributed by atoms with Crippen molar-refractivity contribution in [3.63, 3.8) is 0 Å². The minimum absolute atomic E-state index is 0.276. The molecular weight excluding hydrogens is 170 g/mol. The van der Waals surface area contributed by atoms with Crippen LogP contribution in [0.2, 0.25) is 0 Å². The number of nitrogens with zero attached hydrogens (tertiary/aromatic N) is 5. The smallest absolute Gasteiger partial charge is 0.215 e. The topological polar surface area (TPSA) is 76.1 Å². The Hall–Kier alpha value is -1.90. The van der Waals surface area contributed by atoms with Crippen molar-refractivity contribution in [1.82, 2.24) is 15.0 Å². The van der Waals surface area contributed by atoms with E-state index in [9.17, 15) is 0 Å². The average molecular weight is 179 g/mol. The van der Waals surface area contributed by atoms with Gasteiger partial charge in [0.05, 0.1) is 6.61 Å². The van der Waals surface area contributed by atoms with Crippen molar-refractivity contribution < 1.29 is 4.74 Å². The van der Waals surface area contributed by atoms with Crippen LogP contribution in [0, 0.1) is 11.3 Å². The summed E-state index contributed by atoms with van der Waals surface area (Å²) in [6, 6.07) is 1.94. The van der Waals surface area contributed by atoms with Gasteiger partial charge in [0, 0.05) is 7.05 Å². The van der Waals surface area contributed by atoms with Crippen molar-refractivity contribution in [2.24, 2.45) is 12.0 Å². The summed E-state index contributed by atoms with van der Waals surface area (Å²) >= 11 is 0. The SMILES string of the molecule is CCO/C=N/c1nnn(C)c1C#N. The molecule has 6 nitrogen and oxygen atoms in total. The van der Waals surface area contributed by atoms with E-state index in [1.54, 1.807) is 7.05 Å². The lowest BCUT2D eigenvalue weighted by molar-refractivity contribution is 0.344. The first kappa shape index (κ1) is 9.19. The molecule has 1 aromatic heterocycles. The number of hydrogen-bond donors (Lipinski definition) is 0. The van der Waals surface area contributed by atoms with Gasteiger partial charge in [0.25, 0.3) is 0 Å². The second-order valence-electron chi connectivity index (χ2n) is 2.19. The van der Waals surface area contributed by atoms with Crippen molar-refractivity contribution in [3.05, 3.63) is 5.69 Å². The predicted octanol–water partition coefficient (Wildman–Crippen LogP) is 0.383. The molecule has 13 heavy (non-hydrogen) atoms. The highest BCUT2D eigenvalue weighted by atomic mass is 16.5. The molecule has 0 saturated heterocycles. The average Bonchev–Trinajstić information content (AvgIpc) is 2.47. The maximum absolute atomic E-state index is 8.68. The fraction of sp³-hybridized carbons (Fsp3) is 0.429. The minimum atomic E-state index is 0.276. The number of hydrogen-bond acceptors (Lipinski definition) is 5. The van der Waals surface area contributed by atoms with Gasteiger partial charge in [-0.15, -0.1) is 5.10 Å². The molecule has 1 aromatic rings. The second-order valence-corrected chi connectivity index (χ2v) is 2.19. The van der Waals surface area contributed by atoms with Gasteiger partial charge in [-0.2, -0.15) is 10.3 Å². The molecule has 0 spiro atoms. The number of rotatable bonds is 3. The van der Waals surface area contributed by atoms with Gasteiger partial charge in [0.2, 0.25) is 5.82 Å². The lowest BCUT2D eigenvalue weighted by atomic mass is 10.5. The van der Waals surface area contributed by atoms with Crippen LogP contribution >= 0.6 is 0 Å². The molecule has 0 radical (unpaired) electrons. The van der Waals surface area contributed by atoms with Gasteiger partial charge < -0.3 is 4.74 Å². The summed E-state index contributed by atoms with van der Waals surface area (Å²) in [6.07, 6.45) is 1.25. The van der Waals surface area contributed by atoms with Crippen LogP contribution in [0.4, 0.5) is 5.82 Å². The summed E-state index contributed by atoms with van der Waals surface area (Å²) in [5.41, 5.74) is 0.316. The quantitative estimate of drug-likeness (QED) is 0.496. The fourth-order valence-corrected chi connectivity index (χ4v) is 0.717. The monoisotopic (exact) mass is 179 g/mol. The maximum atomic E-state index is 8.68. The molecule has 0 atom stereocenters. The van der Waals surface area contributed by atoms with E-state index in [0.29, 0.717) is 12.3 Å². The van der Waals surface area contributed by atoms with E-state index >= 15 is 0 Å². The molecule has 0 unspecified atom stereocenters. The Kier molecular flexibility index (Phi) is 2.97. The van der Waals surface area contributed by atoms with Crippen LogP contribution in [0.25, 0.3) is 0 Å². The molecule has 0 aliphatic rings. The molecule has 0 bridgehead atoms. The Morgan fingerprint density at radius 3 is 3.15 bits per heavy atom. The molecule has 0 aliphatic heterocycles. The lowest BCUT2D eigenvalue weighted by Crippen LogP contribution is -1.93. The second kappa shape index (κ2) is 4.21. The van der Waals surface area contributed by atoms with Gasteiger partial charge >= 0.3 is 0 Å². The summed E-state index contributed by atoms with van der Waals surface area (Å²) < 4.78 is 6.23. The van der Waals surface area contributed by atoms with Gasteiger partial charge in [-0.25, -0.2) is 4.68 Å². The van der Waals surface area contributed by atoms with Gasteiger partial charge in [-0.05, 0) is 6.92 Å². The van der Waals surface area contributed by atoms with Crippen molar-refractivity contribution in [2.75, 3.05) is 6.61 Å². The summed E-state index contributed by atoms with van der Waals surface area (Å²) in [4.78, 5) is 3.82. The number of aryl methyl sites for hydroxylation is 1. The Labute approximate surface area is 75.5 Å². The first-order valence-electron chi connectivity index (χ1n) is 3.73. The molecule has 0 amide bonds. The zero-order valence-corrected chi connectivity index (χ0v) is 7.43. The number of ether oxygens (including phenoxy) is 1. The third kappa shape index (κ3) is 2.02. The van der Waals surface area contributed by atoms with Gasteiger partial charge in [0.15, 0.2) is 12.1 Å². The van der Waals surface area contributed by atoms with Crippen LogP contribution < -0.4 is 0 Å². The highest BCUT2D eigenvalue weighted by molar-refractivity contribution is 5.56. The number of nitriles is 1. The van der Waals surface area contributed by atoms with Crippen LogP contribution in [0.3, 0.4) is 0 Å². The number of aliphatic imine (C=N–C) groups is 1. The molecule has 0 fully saturated rings. The molecule has 0 aromatic carbocycles. The minimum Gasteiger partial charge on any atom is -0.483 e. The Morgan fingerprint density at radius 1 is 1.77 bits per heavy atom. The Balaban J connectivity index is 2.84. The Morgan fingerprint density at radius 2 is 2.54 bits per heavy atom. The van der Waals surface area contributed by atoms with Crippen LogP contribution in [-0.4, -0.2) is 28.0 Å². The van der Waals surface area contributed by atoms with E-state index in [0.717, 1.165) is 0 Å². The molecule has 0 N–H and O–H groups in total. The molecule has 1 rings (SSSR count). The molecule has 68 valence electrons. The molecular formula is C7H9N5O. The third-order valence-electron chi connectivity index (χ3n) is 1.33. The molecule has 1 heterocycles. The summed E-state index contributed by atoms with van der Waals surface area (Å²) in [6.45, 7) is 2.37. The third-order valence-corrected chi connectivity index (χ3v) is 1.33. The normalized spacial score (nSPS) is 10.2.